The van der Waals surface area contributed by atoms with Crippen molar-refractivity contribution in [1.82, 2.24) is 5.32 Å². The maximum absolute atomic E-state index is 5.25. The van der Waals surface area contributed by atoms with Gasteiger partial charge in [-0.1, -0.05) is 0 Å². The molecule has 0 amide bonds. The van der Waals surface area contributed by atoms with Crippen molar-refractivity contribution in [3.63, 3.8) is 0 Å². The Morgan fingerprint density at radius 3 is 2.94 bits per heavy atom. The zero-order valence-electron chi connectivity index (χ0n) is 11.1. The average Bonchev–Trinajstić information content (AvgIpc) is 2.39. The van der Waals surface area contributed by atoms with E-state index in [1.54, 1.807) is 7.11 Å². The van der Waals surface area contributed by atoms with Gasteiger partial charge in [0.05, 0.1) is 11.6 Å². The molecule has 1 saturated heterocycles. The Hall–Kier alpha value is -0.740. The Kier molecular flexibility index (Phi) is 4.89. The van der Waals surface area contributed by atoms with Crippen LogP contribution < -0.4 is 15.0 Å². The molecule has 0 bridgehead atoms. The second-order valence-corrected chi connectivity index (χ2v) is 5.77. The summed E-state index contributed by atoms with van der Waals surface area (Å²) in [6.45, 7) is 3.42. The van der Waals surface area contributed by atoms with Gasteiger partial charge in [-0.3, -0.25) is 0 Å². The quantitative estimate of drug-likeness (QED) is 0.925. The molecule has 1 aliphatic heterocycles. The minimum absolute atomic E-state index is 0.754. The van der Waals surface area contributed by atoms with Crippen molar-refractivity contribution in [3.8, 4) is 5.75 Å². The molecule has 1 N–H and O–H groups in total. The molecule has 1 aromatic rings. The number of rotatable bonds is 4. The van der Waals surface area contributed by atoms with Gasteiger partial charge < -0.3 is 15.0 Å². The predicted molar refractivity (Wildman–Crippen MR) is 79.6 cm³/mol. The molecule has 0 spiro atoms. The first-order valence-corrected chi connectivity index (χ1v) is 7.25. The maximum atomic E-state index is 5.25. The van der Waals surface area contributed by atoms with Crippen LogP contribution in [0.2, 0.25) is 0 Å². The third-order valence-corrected chi connectivity index (χ3v) is 4.13. The highest BCUT2D eigenvalue weighted by Gasteiger charge is 2.15. The van der Waals surface area contributed by atoms with E-state index >= 15 is 0 Å². The van der Waals surface area contributed by atoms with Gasteiger partial charge >= 0.3 is 0 Å². The minimum Gasteiger partial charge on any atom is -0.496 e. The molecular formula is C14H21BrN2O. The monoisotopic (exact) mass is 312 g/mol. The number of nitrogens with one attached hydrogen (secondary N) is 1. The van der Waals surface area contributed by atoms with Gasteiger partial charge in [-0.15, -0.1) is 0 Å². The number of hydrogen-bond acceptors (Lipinski definition) is 3. The molecule has 0 saturated carbocycles. The van der Waals surface area contributed by atoms with Crippen LogP contribution in [0.5, 0.6) is 5.75 Å². The molecule has 1 aliphatic rings. The summed E-state index contributed by atoms with van der Waals surface area (Å²) >= 11 is 3.54. The summed E-state index contributed by atoms with van der Waals surface area (Å²) < 4.78 is 6.26. The van der Waals surface area contributed by atoms with Crippen LogP contribution in [-0.2, 0) is 0 Å². The largest absolute Gasteiger partial charge is 0.496 e. The van der Waals surface area contributed by atoms with E-state index in [4.69, 9.17) is 4.74 Å². The molecule has 100 valence electrons. The fourth-order valence-corrected chi connectivity index (χ4v) is 2.99. The lowest BCUT2D eigenvalue weighted by molar-refractivity contribution is 0.381. The number of benzene rings is 1. The summed E-state index contributed by atoms with van der Waals surface area (Å²) in [7, 11) is 3.85. The molecule has 4 heteroatoms. The Bertz CT molecular complexity index is 391. The fourth-order valence-electron chi connectivity index (χ4n) is 2.47. The highest BCUT2D eigenvalue weighted by atomic mass is 79.9. The lowest BCUT2D eigenvalue weighted by Crippen LogP contribution is -2.36. The van der Waals surface area contributed by atoms with E-state index in [1.807, 2.05) is 6.07 Å². The van der Waals surface area contributed by atoms with Gasteiger partial charge in [0.2, 0.25) is 0 Å². The smallest absolute Gasteiger partial charge is 0.133 e. The predicted octanol–water partition coefficient (Wildman–Crippen LogP) is 2.89. The third kappa shape index (κ3) is 3.39. The maximum Gasteiger partial charge on any atom is 0.133 e. The van der Waals surface area contributed by atoms with Crippen LogP contribution in [-0.4, -0.2) is 33.8 Å². The summed E-state index contributed by atoms with van der Waals surface area (Å²) in [6.07, 6.45) is 2.62. The summed E-state index contributed by atoms with van der Waals surface area (Å²) in [4.78, 5) is 2.32. The lowest BCUT2D eigenvalue weighted by atomic mass is 9.99. The Morgan fingerprint density at radius 1 is 1.50 bits per heavy atom. The first-order valence-electron chi connectivity index (χ1n) is 6.46. The molecule has 1 aromatic carbocycles. The van der Waals surface area contributed by atoms with Crippen LogP contribution in [0.1, 0.15) is 12.8 Å². The second kappa shape index (κ2) is 6.43. The molecule has 3 nitrogen and oxygen atoms in total. The van der Waals surface area contributed by atoms with E-state index in [0.717, 1.165) is 29.2 Å². The highest BCUT2D eigenvalue weighted by molar-refractivity contribution is 9.10. The number of nitrogens with zero attached hydrogens (tertiary/aromatic N) is 1. The Morgan fingerprint density at radius 2 is 2.33 bits per heavy atom. The van der Waals surface area contributed by atoms with E-state index in [1.165, 1.54) is 25.1 Å². The zero-order chi connectivity index (χ0) is 13.0. The summed E-state index contributed by atoms with van der Waals surface area (Å²) in [5.41, 5.74) is 1.23. The minimum atomic E-state index is 0.754. The zero-order valence-corrected chi connectivity index (χ0v) is 12.7. The van der Waals surface area contributed by atoms with E-state index < -0.39 is 0 Å². The first kappa shape index (κ1) is 13.7. The van der Waals surface area contributed by atoms with Crippen LogP contribution in [0, 0.1) is 5.92 Å². The number of hydrogen-bond donors (Lipinski definition) is 1. The van der Waals surface area contributed by atoms with Crippen LogP contribution >= 0.6 is 15.9 Å². The number of halogens is 1. The van der Waals surface area contributed by atoms with E-state index in [0.29, 0.717) is 0 Å². The van der Waals surface area contributed by atoms with Gasteiger partial charge in [0.25, 0.3) is 0 Å². The topological polar surface area (TPSA) is 24.5 Å². The van der Waals surface area contributed by atoms with Gasteiger partial charge in [-0.2, -0.15) is 0 Å². The standard InChI is InChI=1S/C14H21BrN2O/c1-17(10-11-4-3-7-16-9-11)12-5-6-14(18-2)13(15)8-12/h5-6,8,11,16H,3-4,7,9-10H2,1-2H3. The summed E-state index contributed by atoms with van der Waals surface area (Å²) in [6, 6.07) is 6.24. The molecule has 0 aliphatic carbocycles. The lowest BCUT2D eigenvalue weighted by Gasteiger charge is -2.29. The van der Waals surface area contributed by atoms with Crippen molar-refractivity contribution in [2.45, 2.75) is 12.8 Å². The number of piperidine rings is 1. The molecule has 2 rings (SSSR count). The molecule has 18 heavy (non-hydrogen) atoms. The Labute approximate surface area is 118 Å². The first-order chi connectivity index (χ1) is 8.70. The van der Waals surface area contributed by atoms with Crippen molar-refractivity contribution < 1.29 is 4.74 Å². The van der Waals surface area contributed by atoms with Crippen molar-refractivity contribution in [2.24, 2.45) is 5.92 Å². The molecule has 1 heterocycles. The number of methoxy groups -OCH3 is 1. The van der Waals surface area contributed by atoms with Crippen molar-refractivity contribution in [1.29, 1.82) is 0 Å². The van der Waals surface area contributed by atoms with E-state index in [-0.39, 0.29) is 0 Å². The van der Waals surface area contributed by atoms with Crippen LogP contribution in [0.15, 0.2) is 22.7 Å². The van der Waals surface area contributed by atoms with Crippen molar-refractivity contribution in [3.05, 3.63) is 22.7 Å². The fraction of sp³-hybridized carbons (Fsp3) is 0.571. The van der Waals surface area contributed by atoms with Crippen LogP contribution in [0.3, 0.4) is 0 Å². The van der Waals surface area contributed by atoms with Crippen LogP contribution in [0.4, 0.5) is 5.69 Å². The van der Waals surface area contributed by atoms with E-state index in [2.05, 4.69) is 45.3 Å². The molecule has 0 radical (unpaired) electrons. The van der Waals surface area contributed by atoms with Gasteiger partial charge in [0, 0.05) is 19.3 Å². The van der Waals surface area contributed by atoms with Gasteiger partial charge in [-0.25, -0.2) is 0 Å². The number of anilines is 1. The summed E-state index contributed by atoms with van der Waals surface area (Å²) in [5.74, 6) is 1.64. The average molecular weight is 313 g/mol. The van der Waals surface area contributed by atoms with Crippen molar-refractivity contribution in [2.75, 3.05) is 38.7 Å². The molecule has 1 unspecified atom stereocenters. The van der Waals surface area contributed by atoms with Gasteiger partial charge in [-0.05, 0) is 66.0 Å². The molecule has 1 fully saturated rings. The third-order valence-electron chi connectivity index (χ3n) is 3.51. The van der Waals surface area contributed by atoms with Crippen molar-refractivity contribution >= 4 is 21.6 Å². The Balaban J connectivity index is 1.99. The second-order valence-electron chi connectivity index (χ2n) is 4.91. The molecule has 0 aromatic heterocycles. The van der Waals surface area contributed by atoms with E-state index in [9.17, 15) is 0 Å². The van der Waals surface area contributed by atoms with Gasteiger partial charge in [0.15, 0.2) is 0 Å². The normalized spacial score (nSPS) is 19.6. The number of ether oxygens (including phenoxy) is 1. The SMILES string of the molecule is COc1ccc(N(C)CC2CCCNC2)cc1Br. The summed E-state index contributed by atoms with van der Waals surface area (Å²) in [5, 5.41) is 3.47. The van der Waals surface area contributed by atoms with Gasteiger partial charge in [0.1, 0.15) is 5.75 Å². The van der Waals surface area contributed by atoms with Crippen LogP contribution in [0.25, 0.3) is 0 Å². The molecular weight excluding hydrogens is 292 g/mol. The highest BCUT2D eigenvalue weighted by Crippen LogP contribution is 2.29. The molecule has 1 atom stereocenters.